The molecule has 21 heavy (non-hydrogen) atoms. The molecule has 1 heterocycles. The third-order valence-corrected chi connectivity index (χ3v) is 3.17. The highest BCUT2D eigenvalue weighted by molar-refractivity contribution is 6.30. The van der Waals surface area contributed by atoms with Crippen LogP contribution in [0, 0.1) is 0 Å². The first-order valence-electron chi connectivity index (χ1n) is 6.53. The van der Waals surface area contributed by atoms with Gasteiger partial charge < -0.3 is 9.26 Å². The fourth-order valence-electron chi connectivity index (χ4n) is 1.90. The molecule has 4 nitrogen and oxygen atoms in total. The Hall–Kier alpha value is -2.33. The van der Waals surface area contributed by atoms with Gasteiger partial charge in [0.15, 0.2) is 6.10 Å². The lowest BCUT2D eigenvalue weighted by Gasteiger charge is -2.10. The van der Waals surface area contributed by atoms with E-state index < -0.39 is 0 Å². The van der Waals surface area contributed by atoms with Crippen LogP contribution in [-0.4, -0.2) is 10.1 Å². The van der Waals surface area contributed by atoms with Crippen LogP contribution in [-0.2, 0) is 0 Å². The number of hydrogen-bond donors (Lipinski definition) is 0. The predicted octanol–water partition coefficient (Wildman–Crippen LogP) is 4.53. The summed E-state index contributed by atoms with van der Waals surface area (Å²) in [6.07, 6.45) is -0.353. The summed E-state index contributed by atoms with van der Waals surface area (Å²) in [4.78, 5) is 4.36. The first-order valence-corrected chi connectivity index (χ1v) is 6.91. The van der Waals surface area contributed by atoms with E-state index in [0.717, 1.165) is 5.56 Å². The van der Waals surface area contributed by atoms with E-state index in [1.54, 1.807) is 12.1 Å². The molecule has 5 heteroatoms. The van der Waals surface area contributed by atoms with Gasteiger partial charge in [0.2, 0.25) is 5.82 Å². The normalized spacial score (nSPS) is 12.1. The summed E-state index contributed by atoms with van der Waals surface area (Å²) in [5.74, 6) is 1.63. The Morgan fingerprint density at radius 3 is 2.67 bits per heavy atom. The zero-order chi connectivity index (χ0) is 14.7. The summed E-state index contributed by atoms with van der Waals surface area (Å²) in [5.41, 5.74) is 0.905. The standard InChI is InChI=1S/C16H13ClN2O2/c1-11(20-14-9-5-8-13(17)10-14)16-18-15(19-21-16)12-6-3-2-4-7-12/h2-11H,1H3. The van der Waals surface area contributed by atoms with Gasteiger partial charge in [0.05, 0.1) is 0 Å². The lowest BCUT2D eigenvalue weighted by Crippen LogP contribution is -2.03. The molecule has 1 atom stereocenters. The van der Waals surface area contributed by atoms with Gasteiger partial charge in [-0.05, 0) is 25.1 Å². The van der Waals surface area contributed by atoms with Crippen LogP contribution in [0.3, 0.4) is 0 Å². The van der Waals surface area contributed by atoms with E-state index in [9.17, 15) is 0 Å². The highest BCUT2D eigenvalue weighted by Crippen LogP contribution is 2.24. The molecular weight excluding hydrogens is 288 g/mol. The molecule has 106 valence electrons. The second-order valence-corrected chi connectivity index (χ2v) is 4.98. The Morgan fingerprint density at radius 2 is 1.90 bits per heavy atom. The topological polar surface area (TPSA) is 48.2 Å². The second-order valence-electron chi connectivity index (χ2n) is 4.54. The lowest BCUT2D eigenvalue weighted by molar-refractivity contribution is 0.176. The summed E-state index contributed by atoms with van der Waals surface area (Å²) < 4.78 is 11.0. The van der Waals surface area contributed by atoms with Gasteiger partial charge in [-0.2, -0.15) is 4.98 Å². The molecule has 0 spiro atoms. The van der Waals surface area contributed by atoms with Crippen molar-refractivity contribution < 1.29 is 9.26 Å². The van der Waals surface area contributed by atoms with Gasteiger partial charge in [0, 0.05) is 10.6 Å². The molecular formula is C16H13ClN2O2. The molecule has 0 radical (unpaired) electrons. The molecule has 1 unspecified atom stereocenters. The number of halogens is 1. The summed E-state index contributed by atoms with van der Waals surface area (Å²) in [6, 6.07) is 16.8. The molecule has 0 amide bonds. The third kappa shape index (κ3) is 3.23. The number of rotatable bonds is 4. The second kappa shape index (κ2) is 5.97. The predicted molar refractivity (Wildman–Crippen MR) is 80.2 cm³/mol. The minimum Gasteiger partial charge on any atom is -0.481 e. The maximum absolute atomic E-state index is 5.93. The SMILES string of the molecule is CC(Oc1cccc(Cl)c1)c1nc(-c2ccccc2)no1. The van der Waals surface area contributed by atoms with Crippen LogP contribution in [0.5, 0.6) is 5.75 Å². The number of hydrogen-bond acceptors (Lipinski definition) is 4. The van der Waals surface area contributed by atoms with Crippen molar-refractivity contribution in [3.8, 4) is 17.1 Å². The van der Waals surface area contributed by atoms with Gasteiger partial charge >= 0.3 is 0 Å². The van der Waals surface area contributed by atoms with Crippen molar-refractivity contribution in [1.29, 1.82) is 0 Å². The minimum atomic E-state index is -0.353. The maximum atomic E-state index is 5.93. The molecule has 3 aromatic rings. The molecule has 0 saturated carbocycles. The first-order chi connectivity index (χ1) is 10.2. The van der Waals surface area contributed by atoms with E-state index in [1.807, 2.05) is 49.4 Å². The molecule has 0 N–H and O–H groups in total. The van der Waals surface area contributed by atoms with Crippen LogP contribution in [0.25, 0.3) is 11.4 Å². The summed E-state index contributed by atoms with van der Waals surface area (Å²) in [5, 5.41) is 4.60. The zero-order valence-corrected chi connectivity index (χ0v) is 12.1. The quantitative estimate of drug-likeness (QED) is 0.710. The molecule has 0 fully saturated rings. The Bertz CT molecular complexity index is 728. The Labute approximate surface area is 127 Å². The van der Waals surface area contributed by atoms with Gasteiger partial charge in [0.25, 0.3) is 5.89 Å². The number of benzene rings is 2. The monoisotopic (exact) mass is 300 g/mol. The van der Waals surface area contributed by atoms with Crippen LogP contribution in [0.1, 0.15) is 18.9 Å². The van der Waals surface area contributed by atoms with Crippen molar-refractivity contribution in [2.45, 2.75) is 13.0 Å². The fraction of sp³-hybridized carbons (Fsp3) is 0.125. The van der Waals surface area contributed by atoms with Gasteiger partial charge in [-0.25, -0.2) is 0 Å². The van der Waals surface area contributed by atoms with E-state index in [1.165, 1.54) is 0 Å². The van der Waals surface area contributed by atoms with Crippen molar-refractivity contribution >= 4 is 11.6 Å². The highest BCUT2D eigenvalue weighted by Gasteiger charge is 2.16. The van der Waals surface area contributed by atoms with Crippen LogP contribution < -0.4 is 4.74 Å². The molecule has 0 aliphatic rings. The van der Waals surface area contributed by atoms with Crippen LogP contribution in [0.15, 0.2) is 59.1 Å². The van der Waals surface area contributed by atoms with Crippen LogP contribution in [0.2, 0.25) is 5.02 Å². The van der Waals surface area contributed by atoms with Crippen molar-refractivity contribution in [1.82, 2.24) is 10.1 Å². The van der Waals surface area contributed by atoms with Crippen molar-refractivity contribution in [2.75, 3.05) is 0 Å². The van der Waals surface area contributed by atoms with E-state index in [2.05, 4.69) is 10.1 Å². The largest absolute Gasteiger partial charge is 0.481 e. The minimum absolute atomic E-state index is 0.353. The fourth-order valence-corrected chi connectivity index (χ4v) is 2.08. The molecule has 0 aliphatic heterocycles. The van der Waals surface area contributed by atoms with Crippen LogP contribution in [0.4, 0.5) is 0 Å². The lowest BCUT2D eigenvalue weighted by atomic mass is 10.2. The smallest absolute Gasteiger partial charge is 0.267 e. The van der Waals surface area contributed by atoms with Gasteiger partial charge in [-0.1, -0.05) is 53.2 Å². The molecule has 0 bridgehead atoms. The molecule has 1 aromatic heterocycles. The van der Waals surface area contributed by atoms with Gasteiger partial charge in [-0.3, -0.25) is 0 Å². The third-order valence-electron chi connectivity index (χ3n) is 2.93. The molecule has 0 aliphatic carbocycles. The number of aromatic nitrogens is 2. The average Bonchev–Trinajstić information content (AvgIpc) is 2.98. The van der Waals surface area contributed by atoms with Crippen molar-refractivity contribution in [2.24, 2.45) is 0 Å². The Balaban J connectivity index is 1.77. The molecule has 3 rings (SSSR count). The van der Waals surface area contributed by atoms with E-state index in [0.29, 0.717) is 22.5 Å². The van der Waals surface area contributed by atoms with Crippen molar-refractivity contribution in [3.63, 3.8) is 0 Å². The highest BCUT2D eigenvalue weighted by atomic mass is 35.5. The summed E-state index contributed by atoms with van der Waals surface area (Å²) in [6.45, 7) is 1.85. The zero-order valence-electron chi connectivity index (χ0n) is 11.4. The average molecular weight is 301 g/mol. The summed E-state index contributed by atoms with van der Waals surface area (Å²) in [7, 11) is 0. The summed E-state index contributed by atoms with van der Waals surface area (Å²) >= 11 is 5.93. The van der Waals surface area contributed by atoms with Crippen molar-refractivity contribution in [3.05, 3.63) is 65.5 Å². The Morgan fingerprint density at radius 1 is 1.10 bits per heavy atom. The van der Waals surface area contributed by atoms with Crippen LogP contribution >= 0.6 is 11.6 Å². The van der Waals surface area contributed by atoms with E-state index in [4.69, 9.17) is 20.9 Å². The molecule has 2 aromatic carbocycles. The van der Waals surface area contributed by atoms with E-state index >= 15 is 0 Å². The van der Waals surface area contributed by atoms with Gasteiger partial charge in [0.1, 0.15) is 5.75 Å². The number of nitrogens with zero attached hydrogens (tertiary/aromatic N) is 2. The molecule has 0 saturated heterocycles. The Kier molecular flexibility index (Phi) is 3.88. The first kappa shape index (κ1) is 13.6. The van der Waals surface area contributed by atoms with Gasteiger partial charge in [-0.15, -0.1) is 0 Å². The maximum Gasteiger partial charge on any atom is 0.267 e. The van der Waals surface area contributed by atoms with E-state index in [-0.39, 0.29) is 6.10 Å². The number of ether oxygens (including phenoxy) is 1.